The highest BCUT2D eigenvalue weighted by Gasteiger charge is 2.18. The van der Waals surface area contributed by atoms with E-state index in [0.717, 1.165) is 33.2 Å². The smallest absolute Gasteiger partial charge is 0.161 e. The maximum atomic E-state index is 6.29. The van der Waals surface area contributed by atoms with Gasteiger partial charge in [-0.3, -0.25) is 4.98 Å². The predicted octanol–water partition coefficient (Wildman–Crippen LogP) is 8.01. The molecular formula is C30H25NOSi. The van der Waals surface area contributed by atoms with E-state index in [1.165, 1.54) is 27.1 Å². The lowest BCUT2D eigenvalue weighted by atomic mass is 9.93. The van der Waals surface area contributed by atoms with Gasteiger partial charge in [-0.1, -0.05) is 104 Å². The second kappa shape index (κ2) is 7.43. The zero-order chi connectivity index (χ0) is 22.6. The third-order valence-electron chi connectivity index (χ3n) is 6.53. The summed E-state index contributed by atoms with van der Waals surface area (Å²) < 4.78 is 6.29. The van der Waals surface area contributed by atoms with Gasteiger partial charge >= 0.3 is 0 Å². The summed E-state index contributed by atoms with van der Waals surface area (Å²) in [5.41, 5.74) is 6.21. The molecule has 0 spiro atoms. The Morgan fingerprint density at radius 3 is 1.97 bits per heavy atom. The van der Waals surface area contributed by atoms with E-state index in [1.807, 2.05) is 24.4 Å². The van der Waals surface area contributed by atoms with Crippen molar-refractivity contribution < 1.29 is 4.42 Å². The fourth-order valence-electron chi connectivity index (χ4n) is 4.75. The third-order valence-corrected chi connectivity index (χ3v) is 8.60. The van der Waals surface area contributed by atoms with E-state index in [0.29, 0.717) is 0 Å². The molecule has 0 saturated carbocycles. The first-order chi connectivity index (χ1) is 16.0. The predicted molar refractivity (Wildman–Crippen MR) is 143 cm³/mol. The zero-order valence-corrected chi connectivity index (χ0v) is 20.1. The van der Waals surface area contributed by atoms with Crippen LogP contribution in [-0.4, -0.2) is 13.1 Å². The number of aromatic nitrogens is 1. The van der Waals surface area contributed by atoms with E-state index in [1.54, 1.807) is 0 Å². The average Bonchev–Trinajstić information content (AvgIpc) is 3.22. The molecule has 33 heavy (non-hydrogen) atoms. The summed E-state index contributed by atoms with van der Waals surface area (Å²) in [6.07, 6.45) is 1.89. The Balaban J connectivity index is 1.57. The molecule has 2 aromatic heterocycles. The summed E-state index contributed by atoms with van der Waals surface area (Å²) in [5, 5.41) is 6.12. The summed E-state index contributed by atoms with van der Waals surface area (Å²) in [4.78, 5) is 4.77. The van der Waals surface area contributed by atoms with Crippen molar-refractivity contribution in [2.45, 2.75) is 19.6 Å². The van der Waals surface area contributed by atoms with Gasteiger partial charge in [0.2, 0.25) is 0 Å². The fraction of sp³-hybridized carbons (Fsp3) is 0.100. The van der Waals surface area contributed by atoms with Crippen LogP contribution in [0.5, 0.6) is 0 Å². The fourth-order valence-corrected chi connectivity index (χ4v) is 5.92. The van der Waals surface area contributed by atoms with E-state index in [-0.39, 0.29) is 0 Å². The first kappa shape index (κ1) is 20.0. The second-order valence-corrected chi connectivity index (χ2v) is 14.7. The van der Waals surface area contributed by atoms with Gasteiger partial charge in [-0.25, -0.2) is 0 Å². The van der Waals surface area contributed by atoms with E-state index < -0.39 is 8.07 Å². The van der Waals surface area contributed by atoms with Gasteiger partial charge in [0.1, 0.15) is 11.3 Å². The van der Waals surface area contributed by atoms with Gasteiger partial charge in [-0.15, -0.1) is 0 Å². The van der Waals surface area contributed by atoms with Crippen molar-refractivity contribution in [2.75, 3.05) is 0 Å². The summed E-state index contributed by atoms with van der Waals surface area (Å²) in [7, 11) is -1.32. The van der Waals surface area contributed by atoms with Crippen LogP contribution in [0, 0.1) is 0 Å². The molecule has 6 aromatic rings. The highest BCUT2D eigenvalue weighted by atomic mass is 28.3. The van der Waals surface area contributed by atoms with Crippen LogP contribution in [0.3, 0.4) is 0 Å². The number of pyridine rings is 1. The number of nitrogens with zero attached hydrogens (tertiary/aromatic N) is 1. The minimum Gasteiger partial charge on any atom is -0.454 e. The summed E-state index contributed by atoms with van der Waals surface area (Å²) >= 11 is 0. The Morgan fingerprint density at radius 1 is 0.606 bits per heavy atom. The molecule has 0 N–H and O–H groups in total. The van der Waals surface area contributed by atoms with Gasteiger partial charge in [-0.05, 0) is 34.0 Å². The first-order valence-electron chi connectivity index (χ1n) is 11.4. The first-order valence-corrected chi connectivity index (χ1v) is 14.9. The van der Waals surface area contributed by atoms with Crippen molar-refractivity contribution in [3.63, 3.8) is 0 Å². The zero-order valence-electron chi connectivity index (χ0n) is 19.1. The molecule has 4 aromatic carbocycles. The van der Waals surface area contributed by atoms with E-state index in [2.05, 4.69) is 92.4 Å². The topological polar surface area (TPSA) is 26.0 Å². The quantitative estimate of drug-likeness (QED) is 0.259. The largest absolute Gasteiger partial charge is 0.454 e. The van der Waals surface area contributed by atoms with Gasteiger partial charge < -0.3 is 4.42 Å². The number of hydrogen-bond acceptors (Lipinski definition) is 2. The number of benzene rings is 4. The van der Waals surface area contributed by atoms with Crippen LogP contribution in [0.15, 0.2) is 102 Å². The van der Waals surface area contributed by atoms with Gasteiger partial charge in [0.25, 0.3) is 0 Å². The lowest BCUT2D eigenvalue weighted by molar-refractivity contribution is 0.668. The Labute approximate surface area is 194 Å². The minimum atomic E-state index is -1.32. The van der Waals surface area contributed by atoms with Crippen LogP contribution in [0.2, 0.25) is 19.6 Å². The maximum Gasteiger partial charge on any atom is 0.161 e. The van der Waals surface area contributed by atoms with Crippen LogP contribution in [0.4, 0.5) is 0 Å². The number of fused-ring (bicyclic) bond motifs is 4. The lowest BCUT2D eigenvalue weighted by Crippen LogP contribution is -2.37. The molecule has 6 rings (SSSR count). The van der Waals surface area contributed by atoms with Gasteiger partial charge in [0.15, 0.2) is 5.58 Å². The van der Waals surface area contributed by atoms with Crippen LogP contribution in [0.1, 0.15) is 0 Å². The molecule has 0 aliphatic heterocycles. The summed E-state index contributed by atoms with van der Waals surface area (Å²) in [6.45, 7) is 7.16. The van der Waals surface area contributed by atoms with Crippen LogP contribution in [-0.2, 0) is 0 Å². The minimum absolute atomic E-state index is 0.844. The molecule has 2 heterocycles. The van der Waals surface area contributed by atoms with Crippen molar-refractivity contribution in [3.8, 4) is 22.4 Å². The SMILES string of the molecule is C[Si](C)(C)c1ccc(-c2ccc(-c3nccc4c3oc3ccccc34)c3ccccc23)cc1. The molecule has 0 atom stereocenters. The normalized spacial score (nSPS) is 12.1. The Hall–Kier alpha value is -3.69. The van der Waals surface area contributed by atoms with Crippen molar-refractivity contribution in [2.24, 2.45) is 0 Å². The molecule has 2 nitrogen and oxygen atoms in total. The Kier molecular flexibility index (Phi) is 4.49. The number of hydrogen-bond donors (Lipinski definition) is 0. The molecule has 160 valence electrons. The van der Waals surface area contributed by atoms with E-state index in [9.17, 15) is 0 Å². The van der Waals surface area contributed by atoms with E-state index >= 15 is 0 Å². The Bertz CT molecular complexity index is 1640. The number of rotatable bonds is 3. The van der Waals surface area contributed by atoms with E-state index in [4.69, 9.17) is 9.40 Å². The number of para-hydroxylation sites is 1. The molecule has 0 bridgehead atoms. The molecule has 0 saturated heterocycles. The van der Waals surface area contributed by atoms with Crippen molar-refractivity contribution in [1.29, 1.82) is 0 Å². The molecule has 0 aliphatic rings. The summed E-state index contributed by atoms with van der Waals surface area (Å²) in [5.74, 6) is 0. The van der Waals surface area contributed by atoms with Crippen LogP contribution < -0.4 is 5.19 Å². The monoisotopic (exact) mass is 443 g/mol. The van der Waals surface area contributed by atoms with Gasteiger partial charge in [0.05, 0.1) is 8.07 Å². The lowest BCUT2D eigenvalue weighted by Gasteiger charge is -2.17. The van der Waals surface area contributed by atoms with Crippen molar-refractivity contribution in [1.82, 2.24) is 4.98 Å². The molecule has 0 aliphatic carbocycles. The van der Waals surface area contributed by atoms with Crippen LogP contribution >= 0.6 is 0 Å². The average molecular weight is 444 g/mol. The van der Waals surface area contributed by atoms with Gasteiger partial charge in [-0.2, -0.15) is 0 Å². The molecule has 0 radical (unpaired) electrons. The molecule has 0 fully saturated rings. The second-order valence-electron chi connectivity index (χ2n) is 9.67. The van der Waals surface area contributed by atoms with Crippen LogP contribution in [0.25, 0.3) is 55.1 Å². The molecule has 3 heteroatoms. The molecular weight excluding hydrogens is 418 g/mol. The molecule has 0 amide bonds. The third kappa shape index (κ3) is 3.28. The van der Waals surface area contributed by atoms with Gasteiger partial charge in [0, 0.05) is 22.5 Å². The Morgan fingerprint density at radius 2 is 1.24 bits per heavy atom. The highest BCUT2D eigenvalue weighted by Crippen LogP contribution is 2.39. The molecule has 0 unspecified atom stereocenters. The van der Waals surface area contributed by atoms with Crippen molar-refractivity contribution in [3.05, 3.63) is 97.2 Å². The maximum absolute atomic E-state index is 6.29. The summed E-state index contributed by atoms with van der Waals surface area (Å²) in [6, 6.07) is 32.4. The standard InChI is InChI=1S/C30H25NOSi/c1-33(2,3)21-14-12-20(13-15-21)22-16-17-26(24-9-5-4-8-23(22)24)29-30-27(18-19-31-29)25-10-6-7-11-28(25)32-30/h4-19H,1-3H3. The number of furan rings is 1. The highest BCUT2D eigenvalue weighted by molar-refractivity contribution is 6.88. The van der Waals surface area contributed by atoms with Crippen molar-refractivity contribution >= 4 is 46.0 Å².